The van der Waals surface area contributed by atoms with Gasteiger partial charge in [0.15, 0.2) is 0 Å². The predicted molar refractivity (Wildman–Crippen MR) is 91.3 cm³/mol. The Labute approximate surface area is 144 Å². The summed E-state index contributed by atoms with van der Waals surface area (Å²) in [4.78, 5) is 26.9. The topological polar surface area (TPSA) is 75.1 Å². The minimum absolute atomic E-state index is 0.00661. The fourth-order valence-electron chi connectivity index (χ4n) is 3.47. The molecule has 0 saturated carbocycles. The van der Waals surface area contributed by atoms with Gasteiger partial charge in [-0.25, -0.2) is 9.97 Å². The largest absolute Gasteiger partial charge is 0.356 e. The summed E-state index contributed by atoms with van der Waals surface area (Å²) in [5, 5.41) is 3.95. The molecule has 0 N–H and O–H groups in total. The van der Waals surface area contributed by atoms with E-state index in [4.69, 9.17) is 4.98 Å². The van der Waals surface area contributed by atoms with Crippen LogP contribution >= 0.6 is 11.5 Å². The van der Waals surface area contributed by atoms with Crippen LogP contribution in [0.3, 0.4) is 0 Å². The van der Waals surface area contributed by atoms with Crippen LogP contribution in [0.4, 0.5) is 5.82 Å². The number of amides is 1. The maximum Gasteiger partial charge on any atom is 0.267 e. The second kappa shape index (κ2) is 6.08. The summed E-state index contributed by atoms with van der Waals surface area (Å²) in [5.41, 5.74) is 2.90. The molecule has 1 saturated heterocycles. The Balaban J connectivity index is 1.63. The number of aromatic nitrogens is 4. The summed E-state index contributed by atoms with van der Waals surface area (Å²) in [5.74, 6) is 1.87. The fourth-order valence-corrected chi connectivity index (χ4v) is 4.09. The number of aryl methyl sites for hydroxylation is 2. The van der Waals surface area contributed by atoms with Crippen molar-refractivity contribution >= 4 is 23.3 Å². The van der Waals surface area contributed by atoms with Crippen molar-refractivity contribution in [3.05, 3.63) is 27.7 Å². The quantitative estimate of drug-likeness (QED) is 0.826. The monoisotopic (exact) mass is 344 g/mol. The molecule has 0 aromatic carbocycles. The van der Waals surface area contributed by atoms with Crippen LogP contribution in [0.25, 0.3) is 0 Å². The zero-order valence-corrected chi connectivity index (χ0v) is 14.8. The van der Waals surface area contributed by atoms with Crippen LogP contribution in [0.15, 0.2) is 0 Å². The third-order valence-electron chi connectivity index (χ3n) is 4.69. The first-order valence-electron chi connectivity index (χ1n) is 8.33. The van der Waals surface area contributed by atoms with Crippen molar-refractivity contribution < 1.29 is 4.79 Å². The molecule has 0 unspecified atom stereocenters. The van der Waals surface area contributed by atoms with Gasteiger partial charge < -0.3 is 9.80 Å². The van der Waals surface area contributed by atoms with Crippen LogP contribution < -0.4 is 4.90 Å². The van der Waals surface area contributed by atoms with Gasteiger partial charge in [0, 0.05) is 25.2 Å². The molecular weight excluding hydrogens is 324 g/mol. The first kappa shape index (κ1) is 15.4. The smallest absolute Gasteiger partial charge is 0.267 e. The van der Waals surface area contributed by atoms with Crippen LogP contribution in [0.1, 0.15) is 45.3 Å². The molecule has 2 aliphatic rings. The normalized spacial score (nSPS) is 17.2. The predicted octanol–water partition coefficient (Wildman–Crippen LogP) is 1.74. The maximum absolute atomic E-state index is 12.7. The third kappa shape index (κ3) is 2.64. The molecule has 0 bridgehead atoms. The summed E-state index contributed by atoms with van der Waals surface area (Å²) < 4.78 is 3.87. The molecule has 24 heavy (non-hydrogen) atoms. The number of hydrogen-bond donors (Lipinski definition) is 0. The minimum atomic E-state index is 0.00661. The maximum atomic E-state index is 12.7. The highest BCUT2D eigenvalue weighted by Gasteiger charge is 2.29. The molecule has 7 nitrogen and oxygen atoms in total. The van der Waals surface area contributed by atoms with Crippen molar-refractivity contribution in [3.8, 4) is 0 Å². The SMILES string of the molecule is Cc1nc2c(c(N3CCCC3)n1)CCN(C(=O)c1snnc1C)C2. The molecule has 2 aromatic heterocycles. The van der Waals surface area contributed by atoms with Gasteiger partial charge in [-0.2, -0.15) is 0 Å². The Hall–Kier alpha value is -2.09. The van der Waals surface area contributed by atoms with Crippen molar-refractivity contribution in [3.63, 3.8) is 0 Å². The molecule has 2 aliphatic heterocycles. The van der Waals surface area contributed by atoms with E-state index < -0.39 is 0 Å². The molecule has 1 fully saturated rings. The molecule has 126 valence electrons. The Morgan fingerprint density at radius 2 is 1.92 bits per heavy atom. The van der Waals surface area contributed by atoms with Gasteiger partial charge in [-0.3, -0.25) is 4.79 Å². The Morgan fingerprint density at radius 3 is 2.62 bits per heavy atom. The molecule has 4 heterocycles. The molecule has 0 radical (unpaired) electrons. The summed E-state index contributed by atoms with van der Waals surface area (Å²) in [6.45, 7) is 7.12. The number of carbonyl (C=O) groups is 1. The average Bonchev–Trinajstić information content (AvgIpc) is 3.24. The highest BCUT2D eigenvalue weighted by atomic mass is 32.1. The molecule has 0 aliphatic carbocycles. The summed E-state index contributed by atoms with van der Waals surface area (Å²) >= 11 is 1.17. The van der Waals surface area contributed by atoms with Gasteiger partial charge in [0.25, 0.3) is 5.91 Å². The second-order valence-corrected chi connectivity index (χ2v) is 7.13. The molecule has 0 atom stereocenters. The van der Waals surface area contributed by atoms with E-state index >= 15 is 0 Å². The van der Waals surface area contributed by atoms with Gasteiger partial charge in [0.05, 0.1) is 17.9 Å². The Bertz CT molecular complexity index is 783. The second-order valence-electron chi connectivity index (χ2n) is 6.38. The zero-order chi connectivity index (χ0) is 16.7. The molecule has 1 amide bonds. The standard InChI is InChI=1S/C16H20N6OS/c1-10-14(24-20-19-10)16(23)22-8-5-12-13(9-22)17-11(2)18-15(12)21-6-3-4-7-21/h3-9H2,1-2H3. The lowest BCUT2D eigenvalue weighted by Gasteiger charge is -2.31. The first-order chi connectivity index (χ1) is 11.6. The fraction of sp³-hybridized carbons (Fsp3) is 0.562. The molecule has 0 spiro atoms. The molecule has 4 rings (SSSR count). The molecular formula is C16H20N6OS. The van der Waals surface area contributed by atoms with Gasteiger partial charge in [-0.15, -0.1) is 5.10 Å². The summed E-state index contributed by atoms with van der Waals surface area (Å²) in [6.07, 6.45) is 3.25. The van der Waals surface area contributed by atoms with Gasteiger partial charge in [-0.1, -0.05) is 4.49 Å². The lowest BCUT2D eigenvalue weighted by atomic mass is 10.0. The molecule has 8 heteroatoms. The lowest BCUT2D eigenvalue weighted by molar-refractivity contribution is 0.0735. The average molecular weight is 344 g/mol. The van der Waals surface area contributed by atoms with Gasteiger partial charge in [0.2, 0.25) is 0 Å². The van der Waals surface area contributed by atoms with E-state index in [-0.39, 0.29) is 5.91 Å². The highest BCUT2D eigenvalue weighted by molar-refractivity contribution is 7.07. The summed E-state index contributed by atoms with van der Waals surface area (Å²) in [6, 6.07) is 0. The van der Waals surface area contributed by atoms with E-state index in [1.165, 1.54) is 29.9 Å². The summed E-state index contributed by atoms with van der Waals surface area (Å²) in [7, 11) is 0. The zero-order valence-electron chi connectivity index (χ0n) is 13.9. The first-order valence-corrected chi connectivity index (χ1v) is 9.10. The Morgan fingerprint density at radius 1 is 1.12 bits per heavy atom. The lowest BCUT2D eigenvalue weighted by Crippen LogP contribution is -2.37. The van der Waals surface area contributed by atoms with Crippen LogP contribution in [0, 0.1) is 13.8 Å². The van der Waals surface area contributed by atoms with Crippen molar-refractivity contribution in [1.82, 2.24) is 24.5 Å². The number of nitrogens with zero attached hydrogens (tertiary/aromatic N) is 6. The highest BCUT2D eigenvalue weighted by Crippen LogP contribution is 2.29. The van der Waals surface area contributed by atoms with Gasteiger partial charge >= 0.3 is 0 Å². The van der Waals surface area contributed by atoms with E-state index in [1.807, 2.05) is 18.7 Å². The van der Waals surface area contributed by atoms with E-state index in [0.717, 1.165) is 36.8 Å². The van der Waals surface area contributed by atoms with Crippen LogP contribution in [-0.4, -0.2) is 50.0 Å². The molecule has 2 aromatic rings. The number of anilines is 1. The number of fused-ring (bicyclic) bond motifs is 1. The Kier molecular flexibility index (Phi) is 3.91. The van der Waals surface area contributed by atoms with Crippen molar-refractivity contribution in [1.29, 1.82) is 0 Å². The van der Waals surface area contributed by atoms with Crippen molar-refractivity contribution in [2.24, 2.45) is 0 Å². The van der Waals surface area contributed by atoms with E-state index in [2.05, 4.69) is 19.5 Å². The van der Waals surface area contributed by atoms with E-state index in [0.29, 0.717) is 23.7 Å². The minimum Gasteiger partial charge on any atom is -0.356 e. The van der Waals surface area contributed by atoms with Crippen LogP contribution in [0.5, 0.6) is 0 Å². The number of hydrogen-bond acceptors (Lipinski definition) is 7. The van der Waals surface area contributed by atoms with Crippen LogP contribution in [-0.2, 0) is 13.0 Å². The van der Waals surface area contributed by atoms with E-state index in [9.17, 15) is 4.79 Å². The van der Waals surface area contributed by atoms with Gasteiger partial charge in [-0.05, 0) is 44.6 Å². The van der Waals surface area contributed by atoms with Crippen molar-refractivity contribution in [2.75, 3.05) is 24.5 Å². The van der Waals surface area contributed by atoms with Crippen molar-refractivity contribution in [2.45, 2.75) is 39.7 Å². The van der Waals surface area contributed by atoms with Crippen LogP contribution in [0.2, 0.25) is 0 Å². The van der Waals surface area contributed by atoms with Gasteiger partial charge in [0.1, 0.15) is 16.5 Å². The third-order valence-corrected chi connectivity index (χ3v) is 5.51. The number of carbonyl (C=O) groups excluding carboxylic acids is 1. The van der Waals surface area contributed by atoms with E-state index in [1.54, 1.807) is 0 Å². The number of rotatable bonds is 2.